The molecule has 14 heavy (non-hydrogen) atoms. The highest BCUT2D eigenvalue weighted by Crippen LogP contribution is 2.25. The Kier molecular flexibility index (Phi) is 4.92. The van der Waals surface area contributed by atoms with E-state index in [0.717, 1.165) is 21.2 Å². The van der Waals surface area contributed by atoms with E-state index in [0.29, 0.717) is 0 Å². The van der Waals surface area contributed by atoms with Crippen LogP contribution in [0.4, 0.5) is 5.69 Å². The summed E-state index contributed by atoms with van der Waals surface area (Å²) in [6.45, 7) is 2.82. The predicted molar refractivity (Wildman–Crippen MR) is 66.8 cm³/mol. The van der Waals surface area contributed by atoms with E-state index in [1.54, 1.807) is 7.11 Å². The second-order valence-electron chi connectivity index (χ2n) is 3.05. The molecule has 1 aromatic rings. The fourth-order valence-electron chi connectivity index (χ4n) is 0.970. The van der Waals surface area contributed by atoms with Crippen LogP contribution in [0.15, 0.2) is 27.1 Å². The third-order valence-electron chi connectivity index (χ3n) is 1.91. The van der Waals surface area contributed by atoms with E-state index in [9.17, 15) is 0 Å². The first-order valence-electron chi connectivity index (χ1n) is 4.35. The molecule has 0 radical (unpaired) electrons. The molecule has 1 aromatic carbocycles. The van der Waals surface area contributed by atoms with Gasteiger partial charge in [-0.2, -0.15) is 0 Å². The summed E-state index contributed by atoms with van der Waals surface area (Å²) in [5, 5.41) is 3.30. The topological polar surface area (TPSA) is 21.3 Å². The van der Waals surface area contributed by atoms with E-state index in [2.05, 4.69) is 37.2 Å². The highest BCUT2D eigenvalue weighted by Gasteiger charge is 2.02. The molecule has 1 unspecified atom stereocenters. The summed E-state index contributed by atoms with van der Waals surface area (Å²) >= 11 is 6.91. The fraction of sp³-hybridized carbons (Fsp3) is 0.400. The molecule has 1 rings (SSSR count). The molecular formula is C10H13Br2NO. The van der Waals surface area contributed by atoms with Crippen LogP contribution < -0.4 is 5.32 Å². The molecule has 0 amide bonds. The highest BCUT2D eigenvalue weighted by atomic mass is 79.9. The first kappa shape index (κ1) is 12.0. The Balaban J connectivity index is 2.62. The Morgan fingerprint density at radius 1 is 1.43 bits per heavy atom. The number of ether oxygens (including phenoxy) is 1. The van der Waals surface area contributed by atoms with Crippen LogP contribution in [0.2, 0.25) is 0 Å². The predicted octanol–water partition coefficient (Wildman–Crippen LogP) is 3.66. The maximum absolute atomic E-state index is 5.15. The van der Waals surface area contributed by atoms with Crippen molar-refractivity contribution < 1.29 is 4.74 Å². The Bertz CT molecular complexity index is 304. The molecule has 2 nitrogen and oxygen atoms in total. The van der Waals surface area contributed by atoms with Crippen molar-refractivity contribution >= 4 is 37.5 Å². The van der Waals surface area contributed by atoms with Gasteiger partial charge < -0.3 is 10.1 Å². The van der Waals surface area contributed by atoms with Crippen LogP contribution in [-0.2, 0) is 4.74 Å². The summed E-state index contributed by atoms with van der Waals surface area (Å²) in [5.41, 5.74) is 1.07. The molecule has 0 aliphatic rings. The van der Waals surface area contributed by atoms with Gasteiger partial charge in [0, 0.05) is 28.3 Å². The third-order valence-corrected chi connectivity index (χ3v) is 3.10. The number of hydrogen-bond acceptors (Lipinski definition) is 2. The average molecular weight is 323 g/mol. The van der Waals surface area contributed by atoms with Gasteiger partial charge in [0.05, 0.1) is 6.10 Å². The molecule has 0 spiro atoms. The van der Waals surface area contributed by atoms with E-state index in [1.807, 2.05) is 25.1 Å². The molecule has 1 atom stereocenters. The van der Waals surface area contributed by atoms with E-state index in [1.165, 1.54) is 0 Å². The minimum atomic E-state index is 0.209. The first-order valence-corrected chi connectivity index (χ1v) is 5.94. The van der Waals surface area contributed by atoms with Crippen molar-refractivity contribution in [3.8, 4) is 0 Å². The van der Waals surface area contributed by atoms with Crippen molar-refractivity contribution in [2.45, 2.75) is 13.0 Å². The van der Waals surface area contributed by atoms with Crippen LogP contribution in [0.5, 0.6) is 0 Å². The third kappa shape index (κ3) is 3.59. The lowest BCUT2D eigenvalue weighted by Crippen LogP contribution is -2.18. The van der Waals surface area contributed by atoms with Crippen molar-refractivity contribution in [2.24, 2.45) is 0 Å². The van der Waals surface area contributed by atoms with Gasteiger partial charge in [-0.3, -0.25) is 0 Å². The number of halogens is 2. The molecule has 0 fully saturated rings. The fourth-order valence-corrected chi connectivity index (χ4v) is 1.72. The van der Waals surface area contributed by atoms with Gasteiger partial charge in [0.1, 0.15) is 0 Å². The molecule has 0 saturated heterocycles. The van der Waals surface area contributed by atoms with Gasteiger partial charge in [0.2, 0.25) is 0 Å². The summed E-state index contributed by atoms with van der Waals surface area (Å²) < 4.78 is 7.27. The summed E-state index contributed by atoms with van der Waals surface area (Å²) in [7, 11) is 1.71. The minimum Gasteiger partial charge on any atom is -0.382 e. The highest BCUT2D eigenvalue weighted by molar-refractivity contribution is 9.11. The molecule has 0 aromatic heterocycles. The number of benzene rings is 1. The Morgan fingerprint density at radius 2 is 2.14 bits per heavy atom. The number of anilines is 1. The molecule has 0 heterocycles. The zero-order valence-corrected chi connectivity index (χ0v) is 11.4. The maximum atomic E-state index is 5.15. The quantitative estimate of drug-likeness (QED) is 0.913. The molecule has 1 N–H and O–H groups in total. The normalized spacial score (nSPS) is 12.6. The molecule has 4 heteroatoms. The molecule has 0 aliphatic carbocycles. The van der Waals surface area contributed by atoms with Gasteiger partial charge in [0.15, 0.2) is 0 Å². The molecule has 0 bridgehead atoms. The van der Waals surface area contributed by atoms with Crippen LogP contribution >= 0.6 is 31.9 Å². The SMILES string of the molecule is COC(C)CNc1cc(Br)ccc1Br. The van der Waals surface area contributed by atoms with Crippen molar-refractivity contribution in [1.82, 2.24) is 0 Å². The molecule has 78 valence electrons. The van der Waals surface area contributed by atoms with E-state index >= 15 is 0 Å². The second kappa shape index (κ2) is 5.73. The van der Waals surface area contributed by atoms with Crippen molar-refractivity contribution in [1.29, 1.82) is 0 Å². The Hall–Kier alpha value is -0.0600. The van der Waals surface area contributed by atoms with Crippen LogP contribution in [0.25, 0.3) is 0 Å². The summed E-state index contributed by atoms with van der Waals surface area (Å²) in [6, 6.07) is 6.03. The van der Waals surface area contributed by atoms with E-state index in [-0.39, 0.29) is 6.10 Å². The molecule has 0 aliphatic heterocycles. The number of hydrogen-bond donors (Lipinski definition) is 1. The first-order chi connectivity index (χ1) is 6.63. The number of methoxy groups -OCH3 is 1. The summed E-state index contributed by atoms with van der Waals surface area (Å²) in [5.74, 6) is 0. The Labute approximate surface area is 101 Å². The largest absolute Gasteiger partial charge is 0.382 e. The second-order valence-corrected chi connectivity index (χ2v) is 4.82. The minimum absolute atomic E-state index is 0.209. The Morgan fingerprint density at radius 3 is 2.79 bits per heavy atom. The van der Waals surface area contributed by atoms with Gasteiger partial charge in [-0.15, -0.1) is 0 Å². The monoisotopic (exact) mass is 321 g/mol. The van der Waals surface area contributed by atoms with Crippen molar-refractivity contribution in [3.05, 3.63) is 27.1 Å². The van der Waals surface area contributed by atoms with Gasteiger partial charge >= 0.3 is 0 Å². The lowest BCUT2D eigenvalue weighted by Gasteiger charge is -2.13. The van der Waals surface area contributed by atoms with Crippen molar-refractivity contribution in [3.63, 3.8) is 0 Å². The van der Waals surface area contributed by atoms with Gasteiger partial charge in [-0.05, 0) is 41.1 Å². The molecular weight excluding hydrogens is 310 g/mol. The zero-order chi connectivity index (χ0) is 10.6. The van der Waals surface area contributed by atoms with Crippen LogP contribution in [0.3, 0.4) is 0 Å². The van der Waals surface area contributed by atoms with E-state index < -0.39 is 0 Å². The van der Waals surface area contributed by atoms with Crippen LogP contribution in [0, 0.1) is 0 Å². The standard InChI is InChI=1S/C10H13Br2NO/c1-7(14-2)6-13-10-5-8(11)3-4-9(10)12/h3-5,7,13H,6H2,1-2H3. The summed E-state index contributed by atoms with van der Waals surface area (Å²) in [4.78, 5) is 0. The molecule has 0 saturated carbocycles. The number of nitrogens with one attached hydrogen (secondary N) is 1. The average Bonchev–Trinajstić information content (AvgIpc) is 2.19. The van der Waals surface area contributed by atoms with Crippen molar-refractivity contribution in [2.75, 3.05) is 19.0 Å². The van der Waals surface area contributed by atoms with E-state index in [4.69, 9.17) is 4.74 Å². The lowest BCUT2D eigenvalue weighted by atomic mass is 10.3. The van der Waals surface area contributed by atoms with Gasteiger partial charge in [0.25, 0.3) is 0 Å². The summed E-state index contributed by atoms with van der Waals surface area (Å²) in [6.07, 6.45) is 0.209. The van der Waals surface area contributed by atoms with Crippen LogP contribution in [0.1, 0.15) is 6.92 Å². The van der Waals surface area contributed by atoms with Crippen LogP contribution in [-0.4, -0.2) is 19.8 Å². The van der Waals surface area contributed by atoms with Gasteiger partial charge in [-0.25, -0.2) is 0 Å². The van der Waals surface area contributed by atoms with Gasteiger partial charge in [-0.1, -0.05) is 15.9 Å². The lowest BCUT2D eigenvalue weighted by molar-refractivity contribution is 0.129. The zero-order valence-electron chi connectivity index (χ0n) is 8.18. The smallest absolute Gasteiger partial charge is 0.0715 e. The number of rotatable bonds is 4. The maximum Gasteiger partial charge on any atom is 0.0715 e.